The van der Waals surface area contributed by atoms with Crippen molar-refractivity contribution in [1.82, 2.24) is 0 Å². The highest BCUT2D eigenvalue weighted by Crippen LogP contribution is 2.30. The second-order valence-corrected chi connectivity index (χ2v) is 5.30. The van der Waals surface area contributed by atoms with Gasteiger partial charge in [-0.15, -0.1) is 0 Å². The van der Waals surface area contributed by atoms with Crippen molar-refractivity contribution in [2.75, 3.05) is 10.6 Å². The van der Waals surface area contributed by atoms with Crippen LogP contribution in [-0.4, -0.2) is 11.8 Å². The Labute approximate surface area is 127 Å². The van der Waals surface area contributed by atoms with Crippen molar-refractivity contribution in [3.63, 3.8) is 0 Å². The molecular formula is C17H15FN2O2. The van der Waals surface area contributed by atoms with E-state index in [9.17, 15) is 14.0 Å². The second kappa shape index (κ2) is 5.97. The fraction of sp³-hybridized carbons (Fsp3) is 0.176. The van der Waals surface area contributed by atoms with Gasteiger partial charge >= 0.3 is 0 Å². The van der Waals surface area contributed by atoms with Gasteiger partial charge in [-0.1, -0.05) is 0 Å². The quantitative estimate of drug-likeness (QED) is 0.908. The van der Waals surface area contributed by atoms with Gasteiger partial charge in [-0.25, -0.2) is 4.39 Å². The summed E-state index contributed by atoms with van der Waals surface area (Å²) in [6, 6.07) is 12.2. The molecule has 0 aliphatic heterocycles. The van der Waals surface area contributed by atoms with E-state index in [1.165, 1.54) is 24.3 Å². The van der Waals surface area contributed by atoms with Crippen molar-refractivity contribution in [2.24, 2.45) is 5.92 Å². The van der Waals surface area contributed by atoms with Crippen LogP contribution in [0.25, 0.3) is 0 Å². The number of anilines is 2. The highest BCUT2D eigenvalue weighted by Gasteiger charge is 2.29. The molecule has 2 N–H and O–H groups in total. The van der Waals surface area contributed by atoms with Crippen molar-refractivity contribution >= 4 is 23.2 Å². The van der Waals surface area contributed by atoms with E-state index in [-0.39, 0.29) is 23.5 Å². The molecule has 0 aromatic heterocycles. The Hall–Kier alpha value is -2.69. The SMILES string of the molecule is O=C(Nc1ccc(F)cc1)c1ccc(NC(=O)C2CC2)cc1. The molecular weight excluding hydrogens is 283 g/mol. The van der Waals surface area contributed by atoms with E-state index in [0.717, 1.165) is 12.8 Å². The molecule has 3 rings (SSSR count). The van der Waals surface area contributed by atoms with Gasteiger partial charge in [0.15, 0.2) is 0 Å². The summed E-state index contributed by atoms with van der Waals surface area (Å²) < 4.78 is 12.8. The van der Waals surface area contributed by atoms with E-state index < -0.39 is 0 Å². The number of carbonyl (C=O) groups excluding carboxylic acids is 2. The van der Waals surface area contributed by atoms with Crippen LogP contribution >= 0.6 is 0 Å². The molecule has 0 unspecified atom stereocenters. The Morgan fingerprint density at radius 3 is 2.00 bits per heavy atom. The molecule has 0 spiro atoms. The molecule has 22 heavy (non-hydrogen) atoms. The van der Waals surface area contributed by atoms with Gasteiger partial charge in [-0.3, -0.25) is 9.59 Å². The van der Waals surface area contributed by atoms with Crippen LogP contribution < -0.4 is 10.6 Å². The van der Waals surface area contributed by atoms with Crippen LogP contribution in [0.15, 0.2) is 48.5 Å². The number of amides is 2. The first-order chi connectivity index (χ1) is 10.6. The molecule has 0 bridgehead atoms. The first-order valence-corrected chi connectivity index (χ1v) is 7.10. The summed E-state index contributed by atoms with van der Waals surface area (Å²) in [4.78, 5) is 23.7. The average Bonchev–Trinajstić information content (AvgIpc) is 3.35. The largest absolute Gasteiger partial charge is 0.326 e. The van der Waals surface area contributed by atoms with Gasteiger partial charge in [0.1, 0.15) is 5.82 Å². The van der Waals surface area contributed by atoms with Crippen LogP contribution in [0.3, 0.4) is 0 Å². The van der Waals surface area contributed by atoms with Crippen molar-refractivity contribution in [3.05, 3.63) is 59.9 Å². The molecule has 0 saturated heterocycles. The van der Waals surface area contributed by atoms with E-state index in [0.29, 0.717) is 16.9 Å². The van der Waals surface area contributed by atoms with Gasteiger partial charge in [0.05, 0.1) is 0 Å². The highest BCUT2D eigenvalue weighted by atomic mass is 19.1. The molecule has 1 aliphatic rings. The van der Waals surface area contributed by atoms with Gasteiger partial charge in [0, 0.05) is 22.9 Å². The number of benzene rings is 2. The van der Waals surface area contributed by atoms with Gasteiger partial charge < -0.3 is 10.6 Å². The topological polar surface area (TPSA) is 58.2 Å². The maximum Gasteiger partial charge on any atom is 0.255 e. The molecule has 1 fully saturated rings. The number of halogens is 1. The predicted molar refractivity (Wildman–Crippen MR) is 82.1 cm³/mol. The number of nitrogens with one attached hydrogen (secondary N) is 2. The smallest absolute Gasteiger partial charge is 0.255 e. The maximum absolute atomic E-state index is 12.8. The lowest BCUT2D eigenvalue weighted by atomic mass is 10.2. The number of carbonyl (C=O) groups is 2. The van der Waals surface area contributed by atoms with Crippen molar-refractivity contribution in [3.8, 4) is 0 Å². The lowest BCUT2D eigenvalue weighted by molar-refractivity contribution is -0.117. The average molecular weight is 298 g/mol. The van der Waals surface area contributed by atoms with Crippen molar-refractivity contribution in [1.29, 1.82) is 0 Å². The zero-order valence-electron chi connectivity index (χ0n) is 11.8. The third kappa shape index (κ3) is 3.49. The number of hydrogen-bond acceptors (Lipinski definition) is 2. The van der Waals surface area contributed by atoms with E-state index in [4.69, 9.17) is 0 Å². The van der Waals surface area contributed by atoms with E-state index in [2.05, 4.69) is 10.6 Å². The van der Waals surface area contributed by atoms with Crippen LogP contribution in [0.1, 0.15) is 23.2 Å². The fourth-order valence-electron chi connectivity index (χ4n) is 2.03. The Morgan fingerprint density at radius 2 is 1.41 bits per heavy atom. The molecule has 5 heteroatoms. The second-order valence-electron chi connectivity index (χ2n) is 5.30. The van der Waals surface area contributed by atoms with Gasteiger partial charge in [-0.05, 0) is 61.4 Å². The summed E-state index contributed by atoms with van der Waals surface area (Å²) in [5.74, 6) is -0.467. The minimum atomic E-state index is -0.353. The van der Waals surface area contributed by atoms with Gasteiger partial charge in [0.25, 0.3) is 5.91 Å². The van der Waals surface area contributed by atoms with Gasteiger partial charge in [-0.2, -0.15) is 0 Å². The molecule has 0 atom stereocenters. The predicted octanol–water partition coefficient (Wildman–Crippen LogP) is 3.43. The molecule has 2 aromatic carbocycles. The highest BCUT2D eigenvalue weighted by molar-refractivity contribution is 6.04. The molecule has 2 aromatic rings. The summed E-state index contributed by atoms with van der Waals surface area (Å²) in [5.41, 5.74) is 1.67. The van der Waals surface area contributed by atoms with E-state index in [1.807, 2.05) is 0 Å². The van der Waals surface area contributed by atoms with Crippen LogP contribution in [0, 0.1) is 11.7 Å². The number of rotatable bonds is 4. The molecule has 4 nitrogen and oxygen atoms in total. The van der Waals surface area contributed by atoms with E-state index >= 15 is 0 Å². The van der Waals surface area contributed by atoms with E-state index in [1.54, 1.807) is 24.3 Å². The zero-order chi connectivity index (χ0) is 15.5. The maximum atomic E-state index is 12.8. The van der Waals surface area contributed by atoms with Crippen LogP contribution in [0.5, 0.6) is 0 Å². The standard InChI is InChI=1S/C17H15FN2O2/c18-13-5-9-15(10-6-13)20-17(22)12-3-7-14(8-4-12)19-16(21)11-1-2-11/h3-11H,1-2H2,(H,19,21)(H,20,22). The Balaban J connectivity index is 1.62. The summed E-state index contributed by atoms with van der Waals surface area (Å²) in [5, 5.41) is 5.49. The van der Waals surface area contributed by atoms with Crippen LogP contribution in [-0.2, 0) is 4.79 Å². The molecule has 2 amide bonds. The Morgan fingerprint density at radius 1 is 0.864 bits per heavy atom. The lowest BCUT2D eigenvalue weighted by Gasteiger charge is -2.07. The summed E-state index contributed by atoms with van der Waals surface area (Å²) in [6.07, 6.45) is 1.90. The fourth-order valence-corrected chi connectivity index (χ4v) is 2.03. The minimum absolute atomic E-state index is 0.0310. The van der Waals surface area contributed by atoms with Gasteiger partial charge in [0.2, 0.25) is 5.91 Å². The zero-order valence-corrected chi connectivity index (χ0v) is 11.8. The van der Waals surface area contributed by atoms with Crippen LogP contribution in [0.2, 0.25) is 0 Å². The van der Waals surface area contributed by atoms with Crippen LogP contribution in [0.4, 0.5) is 15.8 Å². The third-order valence-electron chi connectivity index (χ3n) is 3.46. The van der Waals surface area contributed by atoms with Crippen molar-refractivity contribution < 1.29 is 14.0 Å². The minimum Gasteiger partial charge on any atom is -0.326 e. The Kier molecular flexibility index (Phi) is 3.87. The lowest BCUT2D eigenvalue weighted by Crippen LogP contribution is -2.14. The number of hydrogen-bond donors (Lipinski definition) is 2. The Bertz CT molecular complexity index is 692. The summed E-state index contributed by atoms with van der Waals surface area (Å²) in [6.45, 7) is 0. The molecule has 1 saturated carbocycles. The summed E-state index contributed by atoms with van der Waals surface area (Å²) >= 11 is 0. The summed E-state index contributed by atoms with van der Waals surface area (Å²) in [7, 11) is 0. The first-order valence-electron chi connectivity index (χ1n) is 7.10. The molecule has 112 valence electrons. The third-order valence-corrected chi connectivity index (χ3v) is 3.46. The van der Waals surface area contributed by atoms with Crippen molar-refractivity contribution in [2.45, 2.75) is 12.8 Å². The normalized spacial score (nSPS) is 13.5. The molecule has 0 heterocycles. The first kappa shape index (κ1) is 14.3. The monoisotopic (exact) mass is 298 g/mol. The molecule has 0 radical (unpaired) electrons. The molecule has 1 aliphatic carbocycles.